The van der Waals surface area contributed by atoms with Crippen molar-refractivity contribution in [2.24, 2.45) is 5.92 Å². The Bertz CT molecular complexity index is 574. The number of amides is 3. The number of rotatable bonds is 5. The average molecular weight is 333 g/mol. The van der Waals surface area contributed by atoms with Crippen molar-refractivity contribution in [1.29, 1.82) is 0 Å². The van der Waals surface area contributed by atoms with Crippen LogP contribution in [-0.4, -0.2) is 47.7 Å². The van der Waals surface area contributed by atoms with Crippen molar-refractivity contribution in [3.05, 3.63) is 35.4 Å². The molecule has 6 heteroatoms. The molecular weight excluding hydrogens is 306 g/mol. The molecule has 1 aliphatic rings. The second-order valence-corrected chi connectivity index (χ2v) is 6.62. The number of hydrogen-bond donors (Lipinski definition) is 3. The predicted octanol–water partition coefficient (Wildman–Crippen LogP) is 1.74. The van der Waals surface area contributed by atoms with Gasteiger partial charge in [0.25, 0.3) is 5.91 Å². The SMILES string of the molecule is CC(C)NC(=O)c1cccc(CNC(=O)N2CCCC(CO)C2)c1. The molecule has 6 nitrogen and oxygen atoms in total. The fraction of sp³-hybridized carbons (Fsp3) is 0.556. The maximum absolute atomic E-state index is 12.3. The average Bonchev–Trinajstić information content (AvgIpc) is 2.59. The van der Waals surface area contributed by atoms with Crippen LogP contribution in [0.3, 0.4) is 0 Å². The van der Waals surface area contributed by atoms with Crippen molar-refractivity contribution in [3.8, 4) is 0 Å². The van der Waals surface area contributed by atoms with Gasteiger partial charge in [-0.3, -0.25) is 4.79 Å². The maximum Gasteiger partial charge on any atom is 0.317 e. The number of aliphatic hydroxyl groups excluding tert-OH is 1. The fourth-order valence-electron chi connectivity index (χ4n) is 2.86. The third-order valence-electron chi connectivity index (χ3n) is 4.12. The molecule has 24 heavy (non-hydrogen) atoms. The minimum absolute atomic E-state index is 0.0828. The number of piperidine rings is 1. The van der Waals surface area contributed by atoms with Crippen molar-refractivity contribution >= 4 is 11.9 Å². The third kappa shape index (κ3) is 5.23. The van der Waals surface area contributed by atoms with E-state index in [2.05, 4.69) is 10.6 Å². The normalized spacial score (nSPS) is 17.7. The van der Waals surface area contributed by atoms with Gasteiger partial charge in [0, 0.05) is 37.8 Å². The Morgan fingerprint density at radius 1 is 1.38 bits per heavy atom. The fourth-order valence-corrected chi connectivity index (χ4v) is 2.86. The Labute approximate surface area is 143 Å². The van der Waals surface area contributed by atoms with Crippen LogP contribution in [0.15, 0.2) is 24.3 Å². The van der Waals surface area contributed by atoms with E-state index in [1.54, 1.807) is 17.0 Å². The number of urea groups is 1. The first-order valence-electron chi connectivity index (χ1n) is 8.53. The number of nitrogens with zero attached hydrogens (tertiary/aromatic N) is 1. The highest BCUT2D eigenvalue weighted by Gasteiger charge is 2.22. The number of likely N-dealkylation sites (tertiary alicyclic amines) is 1. The largest absolute Gasteiger partial charge is 0.396 e. The molecule has 0 bridgehead atoms. The lowest BCUT2D eigenvalue weighted by atomic mass is 9.99. The van der Waals surface area contributed by atoms with Crippen molar-refractivity contribution in [3.63, 3.8) is 0 Å². The van der Waals surface area contributed by atoms with Crippen LogP contribution in [0.2, 0.25) is 0 Å². The first kappa shape index (κ1) is 18.3. The zero-order chi connectivity index (χ0) is 17.5. The van der Waals surface area contributed by atoms with Crippen LogP contribution in [0, 0.1) is 5.92 Å². The van der Waals surface area contributed by atoms with Gasteiger partial charge in [0.15, 0.2) is 0 Å². The van der Waals surface area contributed by atoms with Crippen LogP contribution >= 0.6 is 0 Å². The van der Waals surface area contributed by atoms with Crippen LogP contribution < -0.4 is 10.6 Å². The second kappa shape index (κ2) is 8.68. The monoisotopic (exact) mass is 333 g/mol. The number of carbonyl (C=O) groups excluding carboxylic acids is 2. The Balaban J connectivity index is 1.89. The molecule has 1 heterocycles. The van der Waals surface area contributed by atoms with Crippen molar-refractivity contribution in [2.75, 3.05) is 19.7 Å². The summed E-state index contributed by atoms with van der Waals surface area (Å²) in [6, 6.07) is 7.23. The third-order valence-corrected chi connectivity index (χ3v) is 4.12. The van der Waals surface area contributed by atoms with E-state index in [1.807, 2.05) is 26.0 Å². The molecule has 1 aromatic carbocycles. The Morgan fingerprint density at radius 3 is 2.88 bits per heavy atom. The molecule has 132 valence electrons. The number of aliphatic hydroxyl groups is 1. The number of benzene rings is 1. The van der Waals surface area contributed by atoms with E-state index in [1.165, 1.54) is 0 Å². The summed E-state index contributed by atoms with van der Waals surface area (Å²) in [5.41, 5.74) is 1.48. The van der Waals surface area contributed by atoms with Crippen molar-refractivity contribution < 1.29 is 14.7 Å². The maximum atomic E-state index is 12.3. The van der Waals surface area contributed by atoms with Gasteiger partial charge in [0.05, 0.1) is 0 Å². The highest BCUT2D eigenvalue weighted by molar-refractivity contribution is 5.94. The van der Waals surface area contributed by atoms with E-state index in [4.69, 9.17) is 0 Å². The summed E-state index contributed by atoms with van der Waals surface area (Å²) in [6.07, 6.45) is 1.89. The minimum atomic E-state index is -0.120. The molecule has 0 spiro atoms. The first-order valence-corrected chi connectivity index (χ1v) is 8.53. The van der Waals surface area contributed by atoms with Gasteiger partial charge in [-0.05, 0) is 50.3 Å². The lowest BCUT2D eigenvalue weighted by Gasteiger charge is -2.31. The van der Waals surface area contributed by atoms with Gasteiger partial charge in [0.2, 0.25) is 0 Å². The molecule has 1 fully saturated rings. The van der Waals surface area contributed by atoms with E-state index in [-0.39, 0.29) is 30.5 Å². The van der Waals surface area contributed by atoms with Gasteiger partial charge >= 0.3 is 6.03 Å². The number of hydrogen-bond acceptors (Lipinski definition) is 3. The van der Waals surface area contributed by atoms with Gasteiger partial charge in [-0.2, -0.15) is 0 Å². The summed E-state index contributed by atoms with van der Waals surface area (Å²) in [6.45, 7) is 5.65. The Kier molecular flexibility index (Phi) is 6.61. The standard InChI is InChI=1S/C18H27N3O3/c1-13(2)20-17(23)16-7-3-5-14(9-16)10-19-18(24)21-8-4-6-15(11-21)12-22/h3,5,7,9,13,15,22H,4,6,8,10-12H2,1-2H3,(H,19,24)(H,20,23). The molecule has 0 aromatic heterocycles. The van der Waals surface area contributed by atoms with E-state index < -0.39 is 0 Å². The van der Waals surface area contributed by atoms with Gasteiger partial charge < -0.3 is 20.6 Å². The predicted molar refractivity (Wildman–Crippen MR) is 92.7 cm³/mol. The Morgan fingerprint density at radius 2 is 2.17 bits per heavy atom. The molecule has 1 aromatic rings. The van der Waals surface area contributed by atoms with Gasteiger partial charge in [0.1, 0.15) is 0 Å². The Hall–Kier alpha value is -2.08. The molecule has 1 unspecified atom stereocenters. The van der Waals surface area contributed by atoms with Gasteiger partial charge in [-0.1, -0.05) is 12.1 Å². The highest BCUT2D eigenvalue weighted by atomic mass is 16.3. The van der Waals surface area contributed by atoms with Crippen molar-refractivity contribution in [2.45, 2.75) is 39.3 Å². The summed E-state index contributed by atoms with van der Waals surface area (Å²) in [5, 5.41) is 15.0. The summed E-state index contributed by atoms with van der Waals surface area (Å²) >= 11 is 0. The molecule has 3 amide bonds. The molecule has 1 aliphatic heterocycles. The second-order valence-electron chi connectivity index (χ2n) is 6.62. The number of carbonyl (C=O) groups is 2. The molecule has 2 rings (SSSR count). The van der Waals surface area contributed by atoms with Crippen LogP contribution in [0.1, 0.15) is 42.6 Å². The molecule has 1 atom stereocenters. The number of nitrogens with one attached hydrogen (secondary N) is 2. The van der Waals surface area contributed by atoms with E-state index >= 15 is 0 Å². The molecule has 0 radical (unpaired) electrons. The lowest BCUT2D eigenvalue weighted by molar-refractivity contribution is 0.0943. The van der Waals surface area contributed by atoms with E-state index in [0.29, 0.717) is 18.7 Å². The summed E-state index contributed by atoms with van der Waals surface area (Å²) in [4.78, 5) is 26.0. The van der Waals surface area contributed by atoms with E-state index in [9.17, 15) is 14.7 Å². The molecular formula is C18H27N3O3. The molecule has 0 saturated carbocycles. The molecule has 0 aliphatic carbocycles. The summed E-state index contributed by atoms with van der Waals surface area (Å²) in [7, 11) is 0. The molecule has 3 N–H and O–H groups in total. The summed E-state index contributed by atoms with van der Waals surface area (Å²) in [5.74, 6) is 0.0625. The zero-order valence-electron chi connectivity index (χ0n) is 14.4. The van der Waals surface area contributed by atoms with E-state index in [0.717, 1.165) is 24.9 Å². The topological polar surface area (TPSA) is 81.7 Å². The van der Waals surface area contributed by atoms with Crippen LogP contribution in [0.5, 0.6) is 0 Å². The van der Waals surface area contributed by atoms with Crippen molar-refractivity contribution in [1.82, 2.24) is 15.5 Å². The van der Waals surface area contributed by atoms with Crippen LogP contribution in [0.25, 0.3) is 0 Å². The van der Waals surface area contributed by atoms with Gasteiger partial charge in [-0.25, -0.2) is 4.79 Å². The minimum Gasteiger partial charge on any atom is -0.396 e. The zero-order valence-corrected chi connectivity index (χ0v) is 14.4. The molecule has 1 saturated heterocycles. The smallest absolute Gasteiger partial charge is 0.317 e. The van der Waals surface area contributed by atoms with Gasteiger partial charge in [-0.15, -0.1) is 0 Å². The lowest BCUT2D eigenvalue weighted by Crippen LogP contribution is -2.45. The van der Waals surface area contributed by atoms with Crippen LogP contribution in [-0.2, 0) is 6.54 Å². The van der Waals surface area contributed by atoms with Crippen LogP contribution in [0.4, 0.5) is 4.79 Å². The highest BCUT2D eigenvalue weighted by Crippen LogP contribution is 2.15. The quantitative estimate of drug-likeness (QED) is 0.768. The first-order chi connectivity index (χ1) is 11.5. The summed E-state index contributed by atoms with van der Waals surface area (Å²) < 4.78 is 0.